The lowest BCUT2D eigenvalue weighted by molar-refractivity contribution is -0.908. The zero-order chi connectivity index (χ0) is 15.6. The van der Waals surface area contributed by atoms with Crippen LogP contribution in [0.5, 0.6) is 0 Å². The fraction of sp³-hybridized carbons (Fsp3) is 0.562. The number of nitrogens with one attached hydrogen (secondary N) is 3. The van der Waals surface area contributed by atoms with Crippen molar-refractivity contribution in [2.45, 2.75) is 12.8 Å². The Bertz CT molecular complexity index is 466. The maximum atomic E-state index is 13.5. The molecule has 1 aliphatic heterocycles. The molecule has 0 spiro atoms. The van der Waals surface area contributed by atoms with Gasteiger partial charge in [0, 0.05) is 19.5 Å². The minimum absolute atomic E-state index is 0.156. The number of benzene rings is 1. The second-order valence-electron chi connectivity index (χ2n) is 5.49. The molecule has 22 heavy (non-hydrogen) atoms. The van der Waals surface area contributed by atoms with E-state index in [0.717, 1.165) is 45.8 Å². The van der Waals surface area contributed by atoms with E-state index in [0.29, 0.717) is 23.6 Å². The Hall–Kier alpha value is -1.24. The first-order chi connectivity index (χ1) is 10.8. The van der Waals surface area contributed by atoms with Crippen LogP contribution >= 0.6 is 12.2 Å². The lowest BCUT2D eigenvalue weighted by Crippen LogP contribution is -3.14. The van der Waals surface area contributed by atoms with E-state index in [9.17, 15) is 4.39 Å². The van der Waals surface area contributed by atoms with Gasteiger partial charge in [0.05, 0.1) is 19.8 Å². The average molecular weight is 326 g/mol. The third kappa shape index (κ3) is 6.25. The number of hydrogen-bond donors (Lipinski definition) is 3. The minimum atomic E-state index is -0.156. The second-order valence-corrected chi connectivity index (χ2v) is 5.90. The molecule has 3 N–H and O–H groups in total. The van der Waals surface area contributed by atoms with E-state index in [4.69, 9.17) is 17.0 Å². The van der Waals surface area contributed by atoms with Gasteiger partial charge in [0.25, 0.3) is 0 Å². The number of thiocarbonyl (C=S) groups is 1. The van der Waals surface area contributed by atoms with Gasteiger partial charge in [-0.3, -0.25) is 0 Å². The van der Waals surface area contributed by atoms with Crippen LogP contribution in [0.4, 0.5) is 4.39 Å². The van der Waals surface area contributed by atoms with Crippen LogP contribution in [-0.2, 0) is 11.2 Å². The Kier molecular flexibility index (Phi) is 7.56. The molecule has 2 rings (SSSR count). The summed E-state index contributed by atoms with van der Waals surface area (Å²) in [4.78, 5) is 1.60. The Morgan fingerprint density at radius 1 is 1.18 bits per heavy atom. The van der Waals surface area contributed by atoms with Gasteiger partial charge < -0.3 is 20.3 Å². The number of halogens is 1. The van der Waals surface area contributed by atoms with Gasteiger partial charge in [-0.15, -0.1) is 0 Å². The Labute approximate surface area is 137 Å². The monoisotopic (exact) mass is 326 g/mol. The summed E-state index contributed by atoms with van der Waals surface area (Å²) in [5.41, 5.74) is 0.716. The summed E-state index contributed by atoms with van der Waals surface area (Å²) in [5.74, 6) is -0.156. The fourth-order valence-corrected chi connectivity index (χ4v) is 2.73. The molecule has 0 bridgehead atoms. The molecule has 0 aromatic heterocycles. The van der Waals surface area contributed by atoms with Crippen LogP contribution < -0.4 is 15.5 Å². The smallest absolute Gasteiger partial charge is 0.166 e. The van der Waals surface area contributed by atoms with Gasteiger partial charge in [-0.1, -0.05) is 18.2 Å². The number of hydrogen-bond acceptors (Lipinski definition) is 2. The number of ether oxygens (including phenoxy) is 1. The number of rotatable bonds is 7. The van der Waals surface area contributed by atoms with Gasteiger partial charge in [-0.05, 0) is 30.3 Å². The van der Waals surface area contributed by atoms with Crippen LogP contribution in [0.2, 0.25) is 0 Å². The third-order valence-corrected chi connectivity index (χ3v) is 4.12. The molecule has 0 aliphatic carbocycles. The Morgan fingerprint density at radius 3 is 2.68 bits per heavy atom. The zero-order valence-corrected chi connectivity index (χ0v) is 13.7. The van der Waals surface area contributed by atoms with Crippen LogP contribution in [0.25, 0.3) is 0 Å². The number of quaternary nitrogens is 1. The van der Waals surface area contributed by atoms with E-state index < -0.39 is 0 Å². The second kappa shape index (κ2) is 9.71. The first kappa shape index (κ1) is 17.1. The van der Waals surface area contributed by atoms with Crippen molar-refractivity contribution in [1.82, 2.24) is 10.6 Å². The van der Waals surface area contributed by atoms with Crippen LogP contribution in [0.15, 0.2) is 24.3 Å². The molecule has 0 saturated carbocycles. The summed E-state index contributed by atoms with van der Waals surface area (Å²) < 4.78 is 18.8. The first-order valence-corrected chi connectivity index (χ1v) is 8.33. The molecule has 0 radical (unpaired) electrons. The third-order valence-electron chi connectivity index (χ3n) is 3.83. The van der Waals surface area contributed by atoms with E-state index >= 15 is 0 Å². The predicted molar refractivity (Wildman–Crippen MR) is 89.7 cm³/mol. The van der Waals surface area contributed by atoms with Gasteiger partial charge in [0.15, 0.2) is 5.11 Å². The SMILES string of the molecule is Fc1ccccc1CCNC(=S)NCCC[NH+]1CCOCC1. The van der Waals surface area contributed by atoms with Gasteiger partial charge in [-0.25, -0.2) is 4.39 Å². The van der Waals surface area contributed by atoms with Gasteiger partial charge >= 0.3 is 0 Å². The van der Waals surface area contributed by atoms with Crippen molar-refractivity contribution in [2.75, 3.05) is 45.9 Å². The van der Waals surface area contributed by atoms with E-state index in [2.05, 4.69) is 10.6 Å². The van der Waals surface area contributed by atoms with E-state index in [1.165, 1.54) is 6.07 Å². The summed E-state index contributed by atoms with van der Waals surface area (Å²) >= 11 is 5.23. The molecule has 1 aromatic rings. The highest BCUT2D eigenvalue weighted by molar-refractivity contribution is 7.80. The van der Waals surface area contributed by atoms with Crippen LogP contribution in [-0.4, -0.2) is 51.0 Å². The van der Waals surface area contributed by atoms with Crippen LogP contribution in [0, 0.1) is 5.82 Å². The average Bonchev–Trinajstić information content (AvgIpc) is 2.54. The van der Waals surface area contributed by atoms with Gasteiger partial charge in [-0.2, -0.15) is 0 Å². The molecule has 122 valence electrons. The molecule has 1 aromatic carbocycles. The van der Waals surface area contributed by atoms with Crippen molar-refractivity contribution in [1.29, 1.82) is 0 Å². The van der Waals surface area contributed by atoms with E-state index in [-0.39, 0.29) is 5.82 Å². The molecule has 1 heterocycles. The van der Waals surface area contributed by atoms with Crippen molar-refractivity contribution in [3.63, 3.8) is 0 Å². The van der Waals surface area contributed by atoms with E-state index in [1.54, 1.807) is 17.0 Å². The molecular weight excluding hydrogens is 301 g/mol. The molecule has 4 nitrogen and oxygen atoms in total. The lowest BCUT2D eigenvalue weighted by atomic mass is 10.1. The summed E-state index contributed by atoms with van der Waals surface area (Å²) in [6.07, 6.45) is 1.72. The predicted octanol–water partition coefficient (Wildman–Crippen LogP) is 0.138. The minimum Gasteiger partial charge on any atom is -0.370 e. The molecular formula is C16H25FN3OS+. The maximum absolute atomic E-state index is 13.5. The zero-order valence-electron chi connectivity index (χ0n) is 12.9. The van der Waals surface area contributed by atoms with Crippen molar-refractivity contribution in [3.8, 4) is 0 Å². The number of morpholine rings is 1. The molecule has 0 atom stereocenters. The standard InChI is InChI=1S/C16H24FN3OS/c17-15-5-2-1-4-14(15)6-8-19-16(22)18-7-3-9-20-10-12-21-13-11-20/h1-2,4-5H,3,6-13H2,(H2,18,19,22)/p+1. The normalized spacial score (nSPS) is 15.5. The summed E-state index contributed by atoms with van der Waals surface area (Å²) in [7, 11) is 0. The van der Waals surface area contributed by atoms with E-state index in [1.807, 2.05) is 6.07 Å². The van der Waals surface area contributed by atoms with Gasteiger partial charge in [0.2, 0.25) is 0 Å². The van der Waals surface area contributed by atoms with Crippen LogP contribution in [0.3, 0.4) is 0 Å². The molecule has 1 saturated heterocycles. The fourth-order valence-electron chi connectivity index (χ4n) is 2.52. The molecule has 1 fully saturated rings. The van der Waals surface area contributed by atoms with Crippen LogP contribution in [0.1, 0.15) is 12.0 Å². The highest BCUT2D eigenvalue weighted by Crippen LogP contribution is 2.05. The van der Waals surface area contributed by atoms with Crippen molar-refractivity contribution in [3.05, 3.63) is 35.6 Å². The highest BCUT2D eigenvalue weighted by atomic mass is 32.1. The Morgan fingerprint density at radius 2 is 1.91 bits per heavy atom. The van der Waals surface area contributed by atoms with Crippen molar-refractivity contribution in [2.24, 2.45) is 0 Å². The summed E-state index contributed by atoms with van der Waals surface area (Å²) in [5, 5.41) is 6.98. The summed E-state index contributed by atoms with van der Waals surface area (Å²) in [6, 6.07) is 6.84. The molecule has 1 aliphatic rings. The first-order valence-electron chi connectivity index (χ1n) is 7.92. The van der Waals surface area contributed by atoms with Crippen molar-refractivity contribution >= 4 is 17.3 Å². The highest BCUT2D eigenvalue weighted by Gasteiger charge is 2.12. The largest absolute Gasteiger partial charge is 0.370 e. The Balaban J connectivity index is 1.51. The van der Waals surface area contributed by atoms with Gasteiger partial charge in [0.1, 0.15) is 18.9 Å². The quantitative estimate of drug-likeness (QED) is 0.492. The topological polar surface area (TPSA) is 37.7 Å². The maximum Gasteiger partial charge on any atom is 0.166 e. The molecule has 0 unspecified atom stereocenters. The van der Waals surface area contributed by atoms with Crippen molar-refractivity contribution < 1.29 is 14.0 Å². The molecule has 6 heteroatoms. The molecule has 0 amide bonds. The lowest BCUT2D eigenvalue weighted by Gasteiger charge is -2.23. The summed E-state index contributed by atoms with van der Waals surface area (Å²) in [6.45, 7) is 6.61.